The molecule has 0 amide bonds. The summed E-state index contributed by atoms with van der Waals surface area (Å²) < 4.78 is 0. The molecule has 1 aromatic heterocycles. The van der Waals surface area contributed by atoms with Crippen LogP contribution in [0.1, 0.15) is 24.0 Å². The van der Waals surface area contributed by atoms with Crippen molar-refractivity contribution in [3.8, 4) is 0 Å². The molecular weight excluding hydrogens is 202 g/mol. The number of nitrogens with zero attached hydrogens (tertiary/aromatic N) is 1. The molecule has 0 aliphatic heterocycles. The van der Waals surface area contributed by atoms with Gasteiger partial charge in [-0.05, 0) is 12.8 Å². The number of nitrogens with two attached hydrogens (primary N) is 1. The first kappa shape index (κ1) is 10.5. The highest BCUT2D eigenvalue weighted by Gasteiger charge is 2.01. The van der Waals surface area contributed by atoms with Crippen molar-refractivity contribution in [1.82, 2.24) is 4.98 Å². The molecule has 0 aliphatic rings. The average Bonchev–Trinajstić information content (AvgIpc) is 2.50. The van der Waals surface area contributed by atoms with Gasteiger partial charge in [-0.1, -0.05) is 18.7 Å². The lowest BCUT2D eigenvalue weighted by Crippen LogP contribution is -2.03. The number of thiazole rings is 1. The molecule has 3 N–H and O–H groups in total. The van der Waals surface area contributed by atoms with Crippen molar-refractivity contribution in [3.05, 3.63) is 16.1 Å². The quantitative estimate of drug-likeness (QED) is 0.598. The Balaban J connectivity index is 2.44. The van der Waals surface area contributed by atoms with E-state index in [1.165, 1.54) is 16.8 Å². The molecule has 0 aliphatic carbocycles. The molecule has 0 spiro atoms. The third-order valence-electron chi connectivity index (χ3n) is 1.44. The van der Waals surface area contributed by atoms with E-state index in [0.717, 1.165) is 24.3 Å². The van der Waals surface area contributed by atoms with E-state index in [2.05, 4.69) is 11.9 Å². The second-order valence-electron chi connectivity index (χ2n) is 2.64. The Morgan fingerprint density at radius 3 is 3.15 bits per heavy atom. The highest BCUT2D eigenvalue weighted by Crippen LogP contribution is 2.16. The summed E-state index contributed by atoms with van der Waals surface area (Å²) >= 11 is 3.01. The van der Waals surface area contributed by atoms with Crippen LogP contribution in [0.5, 0.6) is 0 Å². The van der Waals surface area contributed by atoms with Crippen LogP contribution in [-0.4, -0.2) is 10.2 Å². The molecule has 0 bridgehead atoms. The number of hydrogen-bond donors (Lipinski definition) is 2. The summed E-state index contributed by atoms with van der Waals surface area (Å²) in [6.45, 7) is 2.14. The number of aromatic nitrogens is 1. The molecule has 0 radical (unpaired) electrons. The van der Waals surface area contributed by atoms with Gasteiger partial charge in [-0.25, -0.2) is 4.98 Å². The lowest BCUT2D eigenvalue weighted by atomic mass is 10.3. The third kappa shape index (κ3) is 3.78. The number of nitrogens with one attached hydrogen (secondary N) is 1. The van der Waals surface area contributed by atoms with E-state index in [4.69, 9.17) is 11.1 Å². The van der Waals surface area contributed by atoms with E-state index in [0.29, 0.717) is 0 Å². The van der Waals surface area contributed by atoms with Crippen LogP contribution in [0.25, 0.3) is 0 Å². The normalized spacial score (nSPS) is 10.2. The van der Waals surface area contributed by atoms with Crippen LogP contribution in [0.15, 0.2) is 5.38 Å². The number of amidine groups is 1. The molecule has 1 aromatic rings. The van der Waals surface area contributed by atoms with Gasteiger partial charge < -0.3 is 5.73 Å². The molecule has 3 nitrogen and oxygen atoms in total. The molecular formula is C8H13N3S2. The minimum Gasteiger partial charge on any atom is -0.379 e. The van der Waals surface area contributed by atoms with Gasteiger partial charge in [0.25, 0.3) is 0 Å². The molecule has 1 rings (SSSR count). The van der Waals surface area contributed by atoms with Crippen LogP contribution in [0.3, 0.4) is 0 Å². The second-order valence-corrected chi connectivity index (χ2v) is 4.60. The summed E-state index contributed by atoms with van der Waals surface area (Å²) in [5.41, 5.74) is 6.26. The van der Waals surface area contributed by atoms with Crippen molar-refractivity contribution in [2.24, 2.45) is 5.73 Å². The molecule has 1 heterocycles. The Morgan fingerprint density at radius 1 is 1.77 bits per heavy atom. The fraction of sp³-hybridized carbons (Fsp3) is 0.500. The predicted octanol–water partition coefficient (Wildman–Crippen LogP) is 2.22. The monoisotopic (exact) mass is 215 g/mol. The lowest BCUT2D eigenvalue weighted by Gasteiger charge is -1.93. The van der Waals surface area contributed by atoms with Crippen molar-refractivity contribution in [3.63, 3.8) is 0 Å². The van der Waals surface area contributed by atoms with Crippen LogP contribution in [0.2, 0.25) is 0 Å². The van der Waals surface area contributed by atoms with Crippen molar-refractivity contribution in [2.75, 3.05) is 0 Å². The zero-order valence-electron chi connectivity index (χ0n) is 7.54. The number of hydrogen-bond acceptors (Lipinski definition) is 4. The van der Waals surface area contributed by atoms with Crippen LogP contribution >= 0.6 is 23.1 Å². The summed E-state index contributed by atoms with van der Waals surface area (Å²) in [6, 6.07) is 0. The van der Waals surface area contributed by atoms with Crippen LogP contribution in [0.4, 0.5) is 0 Å². The number of thioether (sulfide) groups is 1. The zero-order valence-corrected chi connectivity index (χ0v) is 9.17. The fourth-order valence-corrected chi connectivity index (χ4v) is 2.35. The Labute approximate surface area is 86.3 Å². The van der Waals surface area contributed by atoms with E-state index in [9.17, 15) is 0 Å². The predicted molar refractivity (Wildman–Crippen MR) is 59.3 cm³/mol. The average molecular weight is 215 g/mol. The topological polar surface area (TPSA) is 62.8 Å². The molecule has 0 saturated carbocycles. The van der Waals surface area contributed by atoms with E-state index < -0.39 is 0 Å². The fourth-order valence-electron chi connectivity index (χ4n) is 0.896. The Morgan fingerprint density at radius 2 is 2.54 bits per heavy atom. The smallest absolute Gasteiger partial charge is 0.151 e. The van der Waals surface area contributed by atoms with Gasteiger partial charge in [-0.15, -0.1) is 11.3 Å². The number of rotatable bonds is 4. The second kappa shape index (κ2) is 5.24. The first-order chi connectivity index (χ1) is 6.22. The van der Waals surface area contributed by atoms with Crippen LogP contribution in [-0.2, 0) is 12.2 Å². The first-order valence-electron chi connectivity index (χ1n) is 4.12. The summed E-state index contributed by atoms with van der Waals surface area (Å²) in [5.74, 6) is 0.718. The van der Waals surface area contributed by atoms with Crippen molar-refractivity contribution in [1.29, 1.82) is 5.41 Å². The standard InChI is InChI=1S/C8H13N3S2/c1-2-3-7-11-6(4-12-7)5-13-8(9)10/h4H,2-3,5H2,1H3,(H3,9,10). The summed E-state index contributed by atoms with van der Waals surface area (Å²) in [6.07, 6.45) is 2.18. The van der Waals surface area contributed by atoms with Gasteiger partial charge in [0.15, 0.2) is 5.17 Å². The highest BCUT2D eigenvalue weighted by molar-refractivity contribution is 8.13. The van der Waals surface area contributed by atoms with Gasteiger partial charge in [-0.3, -0.25) is 5.41 Å². The van der Waals surface area contributed by atoms with Gasteiger partial charge in [0.2, 0.25) is 0 Å². The van der Waals surface area contributed by atoms with Gasteiger partial charge in [-0.2, -0.15) is 0 Å². The minimum atomic E-state index is 0.157. The SMILES string of the molecule is CCCc1nc(CSC(=N)N)cs1. The summed E-state index contributed by atoms with van der Waals surface area (Å²) in [4.78, 5) is 4.42. The van der Waals surface area contributed by atoms with Crippen LogP contribution < -0.4 is 5.73 Å². The lowest BCUT2D eigenvalue weighted by molar-refractivity contribution is 0.902. The van der Waals surface area contributed by atoms with E-state index in [-0.39, 0.29) is 5.17 Å². The van der Waals surface area contributed by atoms with Gasteiger partial charge >= 0.3 is 0 Å². The number of aryl methyl sites for hydroxylation is 1. The summed E-state index contributed by atoms with van der Waals surface area (Å²) in [7, 11) is 0. The Hall–Kier alpha value is -0.550. The van der Waals surface area contributed by atoms with E-state index in [1.807, 2.05) is 5.38 Å². The third-order valence-corrected chi connectivity index (χ3v) is 3.15. The maximum absolute atomic E-state index is 7.05. The zero-order chi connectivity index (χ0) is 9.68. The van der Waals surface area contributed by atoms with Crippen molar-refractivity contribution >= 4 is 28.3 Å². The van der Waals surface area contributed by atoms with Gasteiger partial charge in [0, 0.05) is 11.1 Å². The molecule has 0 unspecified atom stereocenters. The molecule has 0 fully saturated rings. The molecule has 5 heteroatoms. The molecule has 13 heavy (non-hydrogen) atoms. The molecule has 72 valence electrons. The largest absolute Gasteiger partial charge is 0.379 e. The Kier molecular flexibility index (Phi) is 4.24. The van der Waals surface area contributed by atoms with Crippen molar-refractivity contribution < 1.29 is 0 Å². The minimum absolute atomic E-state index is 0.157. The molecule has 0 saturated heterocycles. The summed E-state index contributed by atoms with van der Waals surface area (Å²) in [5, 5.41) is 10.4. The van der Waals surface area contributed by atoms with Crippen molar-refractivity contribution in [2.45, 2.75) is 25.5 Å². The maximum atomic E-state index is 7.05. The Bertz CT molecular complexity index is 283. The van der Waals surface area contributed by atoms with Gasteiger partial charge in [0.1, 0.15) is 0 Å². The van der Waals surface area contributed by atoms with Gasteiger partial charge in [0.05, 0.1) is 10.7 Å². The molecule has 0 aromatic carbocycles. The molecule has 0 atom stereocenters. The highest BCUT2D eigenvalue weighted by atomic mass is 32.2. The van der Waals surface area contributed by atoms with E-state index >= 15 is 0 Å². The first-order valence-corrected chi connectivity index (χ1v) is 5.99. The maximum Gasteiger partial charge on any atom is 0.151 e. The van der Waals surface area contributed by atoms with E-state index in [1.54, 1.807) is 11.3 Å². The van der Waals surface area contributed by atoms with Crippen LogP contribution in [0, 0.1) is 5.41 Å².